The van der Waals surface area contributed by atoms with Crippen molar-refractivity contribution in [2.75, 3.05) is 13.6 Å². The first kappa shape index (κ1) is 14.0. The number of rotatable bonds is 5. The van der Waals surface area contributed by atoms with Gasteiger partial charge in [-0.1, -0.05) is 37.6 Å². The van der Waals surface area contributed by atoms with E-state index in [0.717, 1.165) is 5.56 Å². The summed E-state index contributed by atoms with van der Waals surface area (Å²) in [6.07, 6.45) is 0. The average molecular weight is 255 g/mol. The number of hydrogen-bond acceptors (Lipinski definition) is 2. The van der Waals surface area contributed by atoms with Crippen molar-refractivity contribution in [3.05, 3.63) is 34.9 Å². The van der Waals surface area contributed by atoms with Crippen LogP contribution in [0, 0.1) is 0 Å². The van der Waals surface area contributed by atoms with E-state index < -0.39 is 0 Å². The van der Waals surface area contributed by atoms with Crippen LogP contribution in [-0.4, -0.2) is 30.4 Å². The molecule has 0 saturated carbocycles. The molecule has 1 N–H and O–H groups in total. The second-order valence-corrected chi connectivity index (χ2v) is 4.85. The van der Waals surface area contributed by atoms with Crippen molar-refractivity contribution in [1.29, 1.82) is 0 Å². The summed E-state index contributed by atoms with van der Waals surface area (Å²) in [6.45, 7) is 4.99. The molecule has 0 saturated heterocycles. The van der Waals surface area contributed by atoms with Gasteiger partial charge in [-0.3, -0.25) is 4.79 Å². The van der Waals surface area contributed by atoms with Gasteiger partial charge in [-0.2, -0.15) is 0 Å². The minimum Gasteiger partial charge on any atom is -0.340 e. The van der Waals surface area contributed by atoms with Crippen LogP contribution in [0.3, 0.4) is 0 Å². The number of benzene rings is 1. The van der Waals surface area contributed by atoms with Gasteiger partial charge in [0.25, 0.3) is 0 Å². The summed E-state index contributed by atoms with van der Waals surface area (Å²) in [4.78, 5) is 13.5. The number of amides is 1. The Balaban J connectivity index is 2.48. The molecule has 1 aromatic rings. The molecule has 1 aromatic carbocycles. The van der Waals surface area contributed by atoms with Crippen LogP contribution in [0.15, 0.2) is 24.3 Å². The summed E-state index contributed by atoms with van der Waals surface area (Å²) in [5, 5.41) is 3.80. The van der Waals surface area contributed by atoms with Gasteiger partial charge in [0.15, 0.2) is 0 Å². The maximum Gasteiger partial charge on any atom is 0.236 e. The molecule has 0 atom stereocenters. The van der Waals surface area contributed by atoms with Gasteiger partial charge >= 0.3 is 0 Å². The van der Waals surface area contributed by atoms with Crippen LogP contribution in [0.25, 0.3) is 0 Å². The van der Waals surface area contributed by atoms with Gasteiger partial charge in [-0.05, 0) is 17.7 Å². The Morgan fingerprint density at radius 1 is 1.47 bits per heavy atom. The summed E-state index contributed by atoms with van der Waals surface area (Å²) >= 11 is 5.89. The highest BCUT2D eigenvalue weighted by Gasteiger charge is 2.09. The smallest absolute Gasteiger partial charge is 0.236 e. The minimum absolute atomic E-state index is 0.0821. The quantitative estimate of drug-likeness (QED) is 0.875. The van der Waals surface area contributed by atoms with Crippen molar-refractivity contribution in [2.45, 2.75) is 26.4 Å². The molecule has 1 amide bonds. The molecule has 0 spiro atoms. The largest absolute Gasteiger partial charge is 0.340 e. The third-order valence-corrected chi connectivity index (χ3v) is 2.63. The molecule has 94 valence electrons. The highest BCUT2D eigenvalue weighted by molar-refractivity contribution is 6.30. The number of halogens is 1. The van der Waals surface area contributed by atoms with E-state index in [1.165, 1.54) is 0 Å². The van der Waals surface area contributed by atoms with E-state index in [2.05, 4.69) is 5.32 Å². The molecular formula is C13H19ClN2O. The van der Waals surface area contributed by atoms with Crippen molar-refractivity contribution in [1.82, 2.24) is 10.2 Å². The van der Waals surface area contributed by atoms with Crippen molar-refractivity contribution in [3.8, 4) is 0 Å². The van der Waals surface area contributed by atoms with Crippen LogP contribution in [0.4, 0.5) is 0 Å². The zero-order valence-electron chi connectivity index (χ0n) is 10.5. The number of carbonyl (C=O) groups excluding carboxylic acids is 1. The van der Waals surface area contributed by atoms with Crippen LogP contribution in [0.2, 0.25) is 5.02 Å². The molecular weight excluding hydrogens is 236 g/mol. The second-order valence-electron chi connectivity index (χ2n) is 4.42. The summed E-state index contributed by atoms with van der Waals surface area (Å²) in [5.41, 5.74) is 1.04. The fraction of sp³-hybridized carbons (Fsp3) is 0.462. The van der Waals surface area contributed by atoms with E-state index in [9.17, 15) is 4.79 Å². The molecule has 0 fully saturated rings. The standard InChI is InChI=1S/C13H19ClN2O/c1-10(2)15-8-13(17)16(3)9-11-5-4-6-12(14)7-11/h4-7,10,15H,8-9H2,1-3H3. The molecule has 0 aromatic heterocycles. The van der Waals surface area contributed by atoms with E-state index >= 15 is 0 Å². The fourth-order valence-electron chi connectivity index (χ4n) is 1.42. The maximum absolute atomic E-state index is 11.8. The second kappa shape index (κ2) is 6.62. The van der Waals surface area contributed by atoms with Crippen LogP contribution < -0.4 is 5.32 Å². The molecule has 3 nitrogen and oxygen atoms in total. The van der Waals surface area contributed by atoms with E-state index in [4.69, 9.17) is 11.6 Å². The predicted octanol–water partition coefficient (Wildman–Crippen LogP) is 2.30. The van der Waals surface area contributed by atoms with Gasteiger partial charge in [0.2, 0.25) is 5.91 Å². The van der Waals surface area contributed by atoms with E-state index in [-0.39, 0.29) is 5.91 Å². The zero-order valence-corrected chi connectivity index (χ0v) is 11.3. The monoisotopic (exact) mass is 254 g/mol. The van der Waals surface area contributed by atoms with Crippen molar-refractivity contribution >= 4 is 17.5 Å². The third-order valence-electron chi connectivity index (χ3n) is 2.40. The van der Waals surface area contributed by atoms with E-state index in [1.54, 1.807) is 11.9 Å². The molecule has 4 heteroatoms. The first-order valence-electron chi connectivity index (χ1n) is 5.71. The Bertz CT molecular complexity index is 379. The predicted molar refractivity (Wildman–Crippen MR) is 71.1 cm³/mol. The van der Waals surface area contributed by atoms with Crippen LogP contribution in [0.5, 0.6) is 0 Å². The van der Waals surface area contributed by atoms with Crippen LogP contribution in [0.1, 0.15) is 19.4 Å². The summed E-state index contributed by atoms with van der Waals surface area (Å²) < 4.78 is 0. The molecule has 0 aliphatic rings. The van der Waals surface area contributed by atoms with Crippen molar-refractivity contribution < 1.29 is 4.79 Å². The van der Waals surface area contributed by atoms with Gasteiger partial charge in [0.1, 0.15) is 0 Å². The SMILES string of the molecule is CC(C)NCC(=O)N(C)Cc1cccc(Cl)c1. The third kappa shape index (κ3) is 5.20. The Labute approximate surface area is 108 Å². The number of nitrogens with one attached hydrogen (secondary N) is 1. The van der Waals surface area contributed by atoms with Crippen molar-refractivity contribution in [3.63, 3.8) is 0 Å². The lowest BCUT2D eigenvalue weighted by molar-refractivity contribution is -0.129. The van der Waals surface area contributed by atoms with E-state index in [1.807, 2.05) is 38.1 Å². The summed E-state index contributed by atoms with van der Waals surface area (Å²) in [6, 6.07) is 7.88. The number of carbonyl (C=O) groups is 1. The first-order chi connectivity index (χ1) is 7.99. The number of nitrogens with zero attached hydrogens (tertiary/aromatic N) is 1. The number of hydrogen-bond donors (Lipinski definition) is 1. The van der Waals surface area contributed by atoms with Crippen LogP contribution >= 0.6 is 11.6 Å². The Morgan fingerprint density at radius 2 is 2.18 bits per heavy atom. The van der Waals surface area contributed by atoms with E-state index in [0.29, 0.717) is 24.2 Å². The van der Waals surface area contributed by atoms with Gasteiger partial charge in [-0.25, -0.2) is 0 Å². The van der Waals surface area contributed by atoms with Gasteiger partial charge in [-0.15, -0.1) is 0 Å². The molecule has 17 heavy (non-hydrogen) atoms. The van der Waals surface area contributed by atoms with Crippen molar-refractivity contribution in [2.24, 2.45) is 0 Å². The molecule has 0 radical (unpaired) electrons. The summed E-state index contributed by atoms with van der Waals surface area (Å²) in [5.74, 6) is 0.0821. The number of likely N-dealkylation sites (N-methyl/N-ethyl adjacent to an activating group) is 1. The summed E-state index contributed by atoms with van der Waals surface area (Å²) in [7, 11) is 1.80. The first-order valence-corrected chi connectivity index (χ1v) is 6.08. The average Bonchev–Trinajstić information content (AvgIpc) is 2.25. The Morgan fingerprint density at radius 3 is 2.76 bits per heavy atom. The molecule has 1 rings (SSSR count). The molecule has 0 heterocycles. The molecule has 0 bridgehead atoms. The highest BCUT2D eigenvalue weighted by Crippen LogP contribution is 2.12. The highest BCUT2D eigenvalue weighted by atomic mass is 35.5. The Kier molecular flexibility index (Phi) is 5.45. The topological polar surface area (TPSA) is 32.3 Å². The van der Waals surface area contributed by atoms with Gasteiger partial charge in [0, 0.05) is 24.7 Å². The van der Waals surface area contributed by atoms with Crippen LogP contribution in [-0.2, 0) is 11.3 Å². The van der Waals surface area contributed by atoms with Gasteiger partial charge < -0.3 is 10.2 Å². The maximum atomic E-state index is 11.8. The molecule has 0 aliphatic heterocycles. The lowest BCUT2D eigenvalue weighted by Gasteiger charge is -2.18. The lowest BCUT2D eigenvalue weighted by Crippen LogP contribution is -2.37. The van der Waals surface area contributed by atoms with Gasteiger partial charge in [0.05, 0.1) is 6.54 Å². The fourth-order valence-corrected chi connectivity index (χ4v) is 1.64. The molecule has 0 unspecified atom stereocenters. The Hall–Kier alpha value is -1.06. The molecule has 0 aliphatic carbocycles. The minimum atomic E-state index is 0.0821. The lowest BCUT2D eigenvalue weighted by atomic mass is 10.2. The normalized spacial score (nSPS) is 10.6. The zero-order chi connectivity index (χ0) is 12.8.